The Kier molecular flexibility index (Phi) is 4.59. The summed E-state index contributed by atoms with van der Waals surface area (Å²) in [6.07, 6.45) is 2.77. The molecule has 7 heteroatoms. The number of fused-ring (bicyclic) bond motifs is 1. The van der Waals surface area contributed by atoms with E-state index in [0.29, 0.717) is 30.8 Å². The summed E-state index contributed by atoms with van der Waals surface area (Å²) in [6.45, 7) is 3.38. The molecule has 1 fully saturated rings. The number of carbonyl (C=O) groups excluding carboxylic acids is 1. The van der Waals surface area contributed by atoms with Crippen LogP contribution in [0.5, 0.6) is 0 Å². The second-order valence-electron chi connectivity index (χ2n) is 5.91. The van der Waals surface area contributed by atoms with Gasteiger partial charge in [0.2, 0.25) is 10.0 Å². The van der Waals surface area contributed by atoms with Crippen LogP contribution in [-0.4, -0.2) is 45.9 Å². The van der Waals surface area contributed by atoms with Crippen LogP contribution in [0.4, 0.5) is 5.69 Å². The number of rotatable bonds is 5. The SMILES string of the molecule is CCS(=O)(=O)N1CCc2cc(C(=O)NC[C@@H]3CCCO3)ccc21. The first-order valence-electron chi connectivity index (χ1n) is 8.04. The Labute approximate surface area is 136 Å². The summed E-state index contributed by atoms with van der Waals surface area (Å²) in [5.41, 5.74) is 2.17. The molecule has 0 radical (unpaired) electrons. The zero-order valence-corrected chi connectivity index (χ0v) is 14.1. The van der Waals surface area contributed by atoms with Gasteiger partial charge in [0.15, 0.2) is 0 Å². The minimum atomic E-state index is -3.25. The molecule has 1 N–H and O–H groups in total. The molecule has 0 bridgehead atoms. The highest BCUT2D eigenvalue weighted by atomic mass is 32.2. The van der Waals surface area contributed by atoms with Gasteiger partial charge < -0.3 is 10.1 Å². The predicted molar refractivity (Wildman–Crippen MR) is 88.3 cm³/mol. The Balaban J connectivity index is 1.70. The molecule has 0 spiro atoms. The summed E-state index contributed by atoms with van der Waals surface area (Å²) in [4.78, 5) is 12.2. The zero-order chi connectivity index (χ0) is 16.4. The zero-order valence-electron chi connectivity index (χ0n) is 13.2. The second kappa shape index (κ2) is 6.49. The quantitative estimate of drug-likeness (QED) is 0.878. The standard InChI is InChI=1S/C16H22N2O4S/c1-2-23(20,21)18-8-7-12-10-13(5-6-15(12)18)16(19)17-11-14-4-3-9-22-14/h5-6,10,14H,2-4,7-9,11H2,1H3,(H,17,19)/t14-/m0/s1. The van der Waals surface area contributed by atoms with E-state index in [2.05, 4.69) is 5.32 Å². The van der Waals surface area contributed by atoms with Gasteiger partial charge in [-0.2, -0.15) is 0 Å². The van der Waals surface area contributed by atoms with Gasteiger partial charge in [0.25, 0.3) is 5.91 Å². The fourth-order valence-electron chi connectivity index (χ4n) is 3.07. The van der Waals surface area contributed by atoms with E-state index in [0.717, 1.165) is 25.0 Å². The summed E-state index contributed by atoms with van der Waals surface area (Å²) < 4.78 is 31.1. The van der Waals surface area contributed by atoms with Gasteiger partial charge in [-0.25, -0.2) is 8.42 Å². The summed E-state index contributed by atoms with van der Waals surface area (Å²) in [5, 5.41) is 2.89. The molecule has 2 aliphatic heterocycles. The van der Waals surface area contributed by atoms with Gasteiger partial charge in [-0.15, -0.1) is 0 Å². The Hall–Kier alpha value is -1.60. The lowest BCUT2D eigenvalue weighted by molar-refractivity contribution is 0.0857. The molecule has 1 aromatic carbocycles. The highest BCUT2D eigenvalue weighted by Gasteiger charge is 2.28. The summed E-state index contributed by atoms with van der Waals surface area (Å²) in [6, 6.07) is 5.22. The molecular weight excluding hydrogens is 316 g/mol. The largest absolute Gasteiger partial charge is 0.376 e. The third-order valence-electron chi connectivity index (χ3n) is 4.41. The first-order chi connectivity index (χ1) is 11.0. The molecule has 0 aromatic heterocycles. The van der Waals surface area contributed by atoms with Crippen molar-refractivity contribution < 1.29 is 17.9 Å². The van der Waals surface area contributed by atoms with Gasteiger partial charge in [0.1, 0.15) is 0 Å². The molecule has 0 saturated carbocycles. The van der Waals surface area contributed by atoms with Crippen LogP contribution in [0.15, 0.2) is 18.2 Å². The van der Waals surface area contributed by atoms with Crippen LogP contribution in [0, 0.1) is 0 Å². The number of hydrogen-bond acceptors (Lipinski definition) is 4. The van der Waals surface area contributed by atoms with E-state index in [4.69, 9.17) is 4.74 Å². The molecule has 1 aromatic rings. The van der Waals surface area contributed by atoms with E-state index < -0.39 is 10.0 Å². The lowest BCUT2D eigenvalue weighted by atomic mass is 10.1. The van der Waals surface area contributed by atoms with Crippen molar-refractivity contribution in [1.29, 1.82) is 0 Å². The van der Waals surface area contributed by atoms with Crippen LogP contribution in [0.2, 0.25) is 0 Å². The maximum absolute atomic E-state index is 12.2. The number of benzene rings is 1. The second-order valence-corrected chi connectivity index (χ2v) is 8.09. The lowest BCUT2D eigenvalue weighted by Gasteiger charge is -2.18. The molecule has 2 heterocycles. The van der Waals surface area contributed by atoms with Crippen LogP contribution >= 0.6 is 0 Å². The number of carbonyl (C=O) groups is 1. The third kappa shape index (κ3) is 3.35. The molecule has 23 heavy (non-hydrogen) atoms. The van der Waals surface area contributed by atoms with E-state index in [-0.39, 0.29) is 17.8 Å². The minimum absolute atomic E-state index is 0.0794. The van der Waals surface area contributed by atoms with Crippen molar-refractivity contribution in [3.05, 3.63) is 29.3 Å². The number of anilines is 1. The third-order valence-corrected chi connectivity index (χ3v) is 6.19. The Bertz CT molecular complexity index is 696. The van der Waals surface area contributed by atoms with Crippen molar-refractivity contribution in [2.24, 2.45) is 0 Å². The van der Waals surface area contributed by atoms with E-state index >= 15 is 0 Å². The molecular formula is C16H22N2O4S. The molecule has 126 valence electrons. The lowest BCUT2D eigenvalue weighted by Crippen LogP contribution is -2.32. The Morgan fingerprint density at radius 2 is 2.26 bits per heavy atom. The number of hydrogen-bond donors (Lipinski definition) is 1. The van der Waals surface area contributed by atoms with Gasteiger partial charge >= 0.3 is 0 Å². The first-order valence-corrected chi connectivity index (χ1v) is 9.65. The smallest absolute Gasteiger partial charge is 0.251 e. The van der Waals surface area contributed by atoms with Gasteiger partial charge in [0, 0.05) is 25.3 Å². The Morgan fingerprint density at radius 3 is 2.96 bits per heavy atom. The summed E-state index contributed by atoms with van der Waals surface area (Å²) >= 11 is 0. The van der Waals surface area contributed by atoms with Crippen LogP contribution in [0.3, 0.4) is 0 Å². The highest BCUT2D eigenvalue weighted by Crippen LogP contribution is 2.31. The maximum Gasteiger partial charge on any atom is 0.251 e. The monoisotopic (exact) mass is 338 g/mol. The first kappa shape index (κ1) is 16.3. The Morgan fingerprint density at radius 1 is 1.43 bits per heavy atom. The molecule has 2 aliphatic rings. The van der Waals surface area contributed by atoms with Crippen LogP contribution in [-0.2, 0) is 21.2 Å². The van der Waals surface area contributed by atoms with Crippen LogP contribution in [0.1, 0.15) is 35.7 Å². The van der Waals surface area contributed by atoms with Gasteiger partial charge in [-0.3, -0.25) is 9.10 Å². The van der Waals surface area contributed by atoms with E-state index in [1.54, 1.807) is 25.1 Å². The predicted octanol–water partition coefficient (Wildman–Crippen LogP) is 1.31. The van der Waals surface area contributed by atoms with Gasteiger partial charge in [-0.05, 0) is 49.9 Å². The van der Waals surface area contributed by atoms with Crippen molar-refractivity contribution in [2.45, 2.75) is 32.3 Å². The number of sulfonamides is 1. The molecule has 0 aliphatic carbocycles. The fraction of sp³-hybridized carbons (Fsp3) is 0.562. The van der Waals surface area contributed by atoms with Gasteiger partial charge in [-0.1, -0.05) is 0 Å². The van der Waals surface area contributed by atoms with E-state index in [1.165, 1.54) is 4.31 Å². The molecule has 1 atom stereocenters. The molecule has 3 rings (SSSR count). The van der Waals surface area contributed by atoms with Crippen LogP contribution in [0.25, 0.3) is 0 Å². The van der Waals surface area contributed by atoms with E-state index in [1.807, 2.05) is 0 Å². The minimum Gasteiger partial charge on any atom is -0.376 e. The van der Waals surface area contributed by atoms with Crippen molar-refractivity contribution >= 4 is 21.6 Å². The molecule has 1 amide bonds. The molecule has 0 unspecified atom stereocenters. The van der Waals surface area contributed by atoms with Crippen LogP contribution < -0.4 is 9.62 Å². The van der Waals surface area contributed by atoms with Gasteiger partial charge in [0.05, 0.1) is 17.5 Å². The highest BCUT2D eigenvalue weighted by molar-refractivity contribution is 7.92. The number of ether oxygens (including phenoxy) is 1. The van der Waals surface area contributed by atoms with Crippen molar-refractivity contribution in [1.82, 2.24) is 5.32 Å². The van der Waals surface area contributed by atoms with Crippen molar-refractivity contribution in [3.63, 3.8) is 0 Å². The maximum atomic E-state index is 12.2. The van der Waals surface area contributed by atoms with E-state index in [9.17, 15) is 13.2 Å². The number of nitrogens with zero attached hydrogens (tertiary/aromatic N) is 1. The topological polar surface area (TPSA) is 75.7 Å². The average Bonchev–Trinajstić information content (AvgIpc) is 3.21. The van der Waals surface area contributed by atoms with Crippen molar-refractivity contribution in [3.8, 4) is 0 Å². The molecule has 1 saturated heterocycles. The summed E-state index contributed by atoms with van der Waals surface area (Å²) in [5.74, 6) is -0.0594. The fourth-order valence-corrected chi connectivity index (χ4v) is 4.23. The molecule has 6 nitrogen and oxygen atoms in total. The normalized spacial score (nSPS) is 20.6. The number of amides is 1. The van der Waals surface area contributed by atoms with Crippen molar-refractivity contribution in [2.75, 3.05) is 29.8 Å². The average molecular weight is 338 g/mol. The number of nitrogens with one attached hydrogen (secondary N) is 1. The summed E-state index contributed by atoms with van der Waals surface area (Å²) in [7, 11) is -3.25.